The van der Waals surface area contributed by atoms with E-state index in [0.29, 0.717) is 12.4 Å². The van der Waals surface area contributed by atoms with Crippen LogP contribution in [0, 0.1) is 6.92 Å². The smallest absolute Gasteiger partial charge is 0.246 e. The average Bonchev–Trinajstić information content (AvgIpc) is 2.77. The molecule has 0 spiro atoms. The fraction of sp³-hybridized carbons (Fsp3) is 0.333. The van der Waals surface area contributed by atoms with Crippen LogP contribution in [0.4, 0.5) is 17.3 Å². The highest BCUT2D eigenvalue weighted by atomic mass is 16.5. The molecular weight excluding hydrogens is 268 g/mol. The number of carbonyl (C=O) groups is 1. The summed E-state index contributed by atoms with van der Waals surface area (Å²) in [6.45, 7) is 3.86. The zero-order valence-corrected chi connectivity index (χ0v) is 11.9. The number of para-hydroxylation sites is 2. The second-order valence-electron chi connectivity index (χ2n) is 5.10. The van der Waals surface area contributed by atoms with Gasteiger partial charge in [-0.15, -0.1) is 0 Å². The molecule has 0 saturated heterocycles. The Bertz CT molecular complexity index is 638. The van der Waals surface area contributed by atoms with Crippen LogP contribution in [0.25, 0.3) is 0 Å². The maximum atomic E-state index is 12.2. The number of aromatic nitrogens is 1. The summed E-state index contributed by atoms with van der Waals surface area (Å²) in [5.74, 6) is 0.279. The van der Waals surface area contributed by atoms with Crippen molar-refractivity contribution < 1.29 is 9.32 Å². The van der Waals surface area contributed by atoms with Gasteiger partial charge in [-0.3, -0.25) is 10.1 Å². The number of carbonyl (C=O) groups excluding carboxylic acids is 1. The van der Waals surface area contributed by atoms with E-state index in [1.807, 2.05) is 31.2 Å². The topological polar surface area (TPSA) is 70.4 Å². The number of nitrogens with zero attached hydrogens (tertiary/aromatic N) is 2. The van der Waals surface area contributed by atoms with Gasteiger partial charge in [-0.2, -0.15) is 0 Å². The first-order valence-electron chi connectivity index (χ1n) is 7.03. The number of rotatable bonds is 3. The Morgan fingerprint density at radius 2 is 2.33 bits per heavy atom. The van der Waals surface area contributed by atoms with Crippen LogP contribution in [0.5, 0.6) is 0 Å². The minimum absolute atomic E-state index is 0.108. The molecule has 3 rings (SSSR count). The summed E-state index contributed by atoms with van der Waals surface area (Å²) in [7, 11) is 0. The van der Waals surface area contributed by atoms with Gasteiger partial charge in [0.1, 0.15) is 0 Å². The molecule has 2 aromatic rings. The van der Waals surface area contributed by atoms with E-state index in [1.165, 1.54) is 0 Å². The molecule has 2 N–H and O–H groups in total. The van der Waals surface area contributed by atoms with Gasteiger partial charge in [-0.05, 0) is 25.5 Å². The van der Waals surface area contributed by atoms with Gasteiger partial charge in [0, 0.05) is 19.2 Å². The van der Waals surface area contributed by atoms with E-state index in [0.717, 1.165) is 36.6 Å². The molecule has 6 nitrogen and oxygen atoms in total. The molecule has 0 aliphatic carbocycles. The van der Waals surface area contributed by atoms with Crippen LogP contribution in [0.15, 0.2) is 34.9 Å². The van der Waals surface area contributed by atoms with E-state index >= 15 is 0 Å². The Labute approximate surface area is 123 Å². The zero-order valence-electron chi connectivity index (χ0n) is 11.9. The second kappa shape index (κ2) is 5.87. The molecule has 0 radical (unpaired) electrons. The lowest BCUT2D eigenvalue weighted by Gasteiger charge is -2.23. The normalized spacial score (nSPS) is 14.0. The molecule has 110 valence electrons. The molecular formula is C15H18N4O2. The molecule has 6 heteroatoms. The van der Waals surface area contributed by atoms with E-state index in [2.05, 4.69) is 20.7 Å². The quantitative estimate of drug-likeness (QED) is 0.905. The third-order valence-electron chi connectivity index (χ3n) is 3.39. The van der Waals surface area contributed by atoms with Gasteiger partial charge >= 0.3 is 0 Å². The van der Waals surface area contributed by atoms with Gasteiger partial charge in [0.25, 0.3) is 0 Å². The highest BCUT2D eigenvalue weighted by Gasteiger charge is 2.17. The van der Waals surface area contributed by atoms with Crippen molar-refractivity contribution in [2.24, 2.45) is 0 Å². The van der Waals surface area contributed by atoms with Crippen LogP contribution in [-0.2, 0) is 4.79 Å². The molecule has 1 aliphatic heterocycles. The molecule has 0 unspecified atom stereocenters. The number of aryl methyl sites for hydroxylation is 1. The van der Waals surface area contributed by atoms with Gasteiger partial charge in [-0.1, -0.05) is 17.3 Å². The van der Waals surface area contributed by atoms with Crippen molar-refractivity contribution in [1.29, 1.82) is 0 Å². The Balaban J connectivity index is 1.70. The van der Waals surface area contributed by atoms with E-state index in [4.69, 9.17) is 4.52 Å². The first-order valence-corrected chi connectivity index (χ1v) is 7.03. The molecule has 21 heavy (non-hydrogen) atoms. The van der Waals surface area contributed by atoms with E-state index < -0.39 is 0 Å². The van der Waals surface area contributed by atoms with Crippen molar-refractivity contribution in [1.82, 2.24) is 5.16 Å². The minimum Gasteiger partial charge on any atom is -0.383 e. The zero-order chi connectivity index (χ0) is 14.7. The average molecular weight is 286 g/mol. The number of fused-ring (bicyclic) bond motifs is 1. The summed E-state index contributed by atoms with van der Waals surface area (Å²) in [4.78, 5) is 14.2. The Kier molecular flexibility index (Phi) is 3.77. The fourth-order valence-electron chi connectivity index (χ4n) is 2.45. The van der Waals surface area contributed by atoms with Gasteiger partial charge in [-0.25, -0.2) is 0 Å². The summed E-state index contributed by atoms with van der Waals surface area (Å²) in [6.07, 6.45) is 0.989. The number of amides is 1. The van der Waals surface area contributed by atoms with Crippen LogP contribution < -0.4 is 15.5 Å². The van der Waals surface area contributed by atoms with Gasteiger partial charge < -0.3 is 14.7 Å². The Morgan fingerprint density at radius 3 is 3.14 bits per heavy atom. The van der Waals surface area contributed by atoms with Gasteiger partial charge in [0.05, 0.1) is 23.6 Å². The lowest BCUT2D eigenvalue weighted by Crippen LogP contribution is -2.33. The summed E-state index contributed by atoms with van der Waals surface area (Å²) in [6, 6.07) is 9.74. The first kappa shape index (κ1) is 13.5. The third-order valence-corrected chi connectivity index (χ3v) is 3.39. The van der Waals surface area contributed by atoms with Crippen LogP contribution in [0.2, 0.25) is 0 Å². The molecule has 0 fully saturated rings. The van der Waals surface area contributed by atoms with Crippen molar-refractivity contribution in [2.75, 3.05) is 35.2 Å². The van der Waals surface area contributed by atoms with Crippen LogP contribution >= 0.6 is 0 Å². The van der Waals surface area contributed by atoms with E-state index in [-0.39, 0.29) is 5.91 Å². The second-order valence-corrected chi connectivity index (χ2v) is 5.10. The van der Waals surface area contributed by atoms with Crippen molar-refractivity contribution in [3.8, 4) is 0 Å². The molecule has 0 atom stereocenters. The molecule has 1 amide bonds. The van der Waals surface area contributed by atoms with Crippen molar-refractivity contribution >= 4 is 23.2 Å². The summed E-state index contributed by atoms with van der Waals surface area (Å²) in [5, 5.41) is 9.86. The largest absolute Gasteiger partial charge is 0.383 e. The standard InChI is InChI=1S/C15H18N4O2/c1-11-9-15(21-18-11)17-14(20)10-19-8-4-7-16-12-5-2-3-6-13(12)19/h2-3,5-6,9,16H,4,7-8,10H2,1H3,(H,17,20). The highest BCUT2D eigenvalue weighted by Crippen LogP contribution is 2.27. The molecule has 1 aliphatic rings. The fourth-order valence-corrected chi connectivity index (χ4v) is 2.45. The number of hydrogen-bond acceptors (Lipinski definition) is 5. The number of anilines is 3. The van der Waals surface area contributed by atoms with Gasteiger partial charge in [0.15, 0.2) is 0 Å². The van der Waals surface area contributed by atoms with Crippen LogP contribution in [-0.4, -0.2) is 30.7 Å². The number of hydrogen-bond donors (Lipinski definition) is 2. The molecule has 1 aromatic carbocycles. The molecule has 0 bridgehead atoms. The van der Waals surface area contributed by atoms with Crippen LogP contribution in [0.1, 0.15) is 12.1 Å². The van der Waals surface area contributed by atoms with Crippen LogP contribution in [0.3, 0.4) is 0 Å². The maximum Gasteiger partial charge on any atom is 0.246 e. The van der Waals surface area contributed by atoms with Gasteiger partial charge in [0.2, 0.25) is 11.8 Å². The predicted octanol–water partition coefficient (Wildman–Crippen LogP) is 2.24. The van der Waals surface area contributed by atoms with Crippen molar-refractivity contribution in [3.63, 3.8) is 0 Å². The van der Waals surface area contributed by atoms with Crippen molar-refractivity contribution in [3.05, 3.63) is 36.0 Å². The molecule has 2 heterocycles. The monoisotopic (exact) mass is 286 g/mol. The lowest BCUT2D eigenvalue weighted by molar-refractivity contribution is -0.115. The van der Waals surface area contributed by atoms with Crippen molar-refractivity contribution in [2.45, 2.75) is 13.3 Å². The first-order chi connectivity index (χ1) is 10.2. The summed E-state index contributed by atoms with van der Waals surface area (Å²) < 4.78 is 5.01. The Hall–Kier alpha value is -2.50. The SMILES string of the molecule is Cc1cc(NC(=O)CN2CCCNc3ccccc32)on1. The summed E-state index contributed by atoms with van der Waals surface area (Å²) >= 11 is 0. The number of benzene rings is 1. The summed E-state index contributed by atoms with van der Waals surface area (Å²) in [5.41, 5.74) is 2.87. The molecule has 1 aromatic heterocycles. The Morgan fingerprint density at radius 1 is 1.48 bits per heavy atom. The van der Waals surface area contributed by atoms with E-state index in [9.17, 15) is 4.79 Å². The van der Waals surface area contributed by atoms with E-state index in [1.54, 1.807) is 6.07 Å². The highest BCUT2D eigenvalue weighted by molar-refractivity contribution is 5.93. The lowest BCUT2D eigenvalue weighted by atomic mass is 10.2. The third kappa shape index (κ3) is 3.16. The predicted molar refractivity (Wildman–Crippen MR) is 81.6 cm³/mol. The maximum absolute atomic E-state index is 12.2. The number of nitrogens with one attached hydrogen (secondary N) is 2. The minimum atomic E-state index is -0.108. The molecule has 0 saturated carbocycles.